The molecule has 1 fully saturated rings. The quantitative estimate of drug-likeness (QED) is 0.627. The van der Waals surface area contributed by atoms with Gasteiger partial charge in [-0.25, -0.2) is 9.97 Å². The van der Waals surface area contributed by atoms with Crippen molar-refractivity contribution in [3.8, 4) is 0 Å². The normalized spacial score (nSPS) is 14.0. The molecule has 144 valence electrons. The van der Waals surface area contributed by atoms with Gasteiger partial charge in [-0.2, -0.15) is 0 Å². The third-order valence-corrected chi connectivity index (χ3v) is 5.02. The predicted octanol–water partition coefficient (Wildman–Crippen LogP) is 5.13. The monoisotopic (exact) mass is 373 g/mol. The highest BCUT2D eigenvalue weighted by atomic mass is 15.1. The molecule has 3 aromatic rings. The molecule has 1 aliphatic rings. The Morgan fingerprint density at radius 1 is 0.857 bits per heavy atom. The number of aryl methyl sites for hydroxylation is 1. The van der Waals surface area contributed by atoms with Crippen molar-refractivity contribution in [1.29, 1.82) is 0 Å². The zero-order chi connectivity index (χ0) is 19.2. The first kappa shape index (κ1) is 18.3. The van der Waals surface area contributed by atoms with Crippen LogP contribution in [0.5, 0.6) is 0 Å². The van der Waals surface area contributed by atoms with Crippen molar-refractivity contribution in [2.75, 3.05) is 28.6 Å². The Hall–Kier alpha value is -3.08. The van der Waals surface area contributed by atoms with Gasteiger partial charge in [0.15, 0.2) is 0 Å². The third-order valence-electron chi connectivity index (χ3n) is 5.02. The van der Waals surface area contributed by atoms with Gasteiger partial charge in [-0.05, 0) is 56.0 Å². The molecule has 0 radical (unpaired) electrons. The average molecular weight is 374 g/mol. The van der Waals surface area contributed by atoms with Crippen molar-refractivity contribution >= 4 is 23.0 Å². The van der Waals surface area contributed by atoms with E-state index in [9.17, 15) is 0 Å². The van der Waals surface area contributed by atoms with Crippen molar-refractivity contribution in [2.24, 2.45) is 0 Å². The van der Waals surface area contributed by atoms with E-state index in [0.717, 1.165) is 42.8 Å². The fourth-order valence-electron chi connectivity index (χ4n) is 3.57. The van der Waals surface area contributed by atoms with Crippen LogP contribution in [0.15, 0.2) is 60.7 Å². The molecule has 0 aliphatic carbocycles. The van der Waals surface area contributed by atoms with Crippen LogP contribution in [0.2, 0.25) is 0 Å². The summed E-state index contributed by atoms with van der Waals surface area (Å²) in [6.45, 7) is 4.97. The maximum Gasteiger partial charge on any atom is 0.136 e. The van der Waals surface area contributed by atoms with Crippen LogP contribution in [-0.4, -0.2) is 23.1 Å². The molecule has 1 saturated heterocycles. The lowest BCUT2D eigenvalue weighted by atomic mass is 10.1. The van der Waals surface area contributed by atoms with E-state index in [4.69, 9.17) is 0 Å². The molecule has 2 N–H and O–H groups in total. The highest BCUT2D eigenvalue weighted by Gasteiger charge is 2.10. The Morgan fingerprint density at radius 2 is 1.57 bits per heavy atom. The maximum absolute atomic E-state index is 4.52. The first-order valence-corrected chi connectivity index (χ1v) is 10.0. The highest BCUT2D eigenvalue weighted by Crippen LogP contribution is 2.24. The Balaban J connectivity index is 1.41. The zero-order valence-corrected chi connectivity index (χ0v) is 16.4. The molecule has 0 saturated carbocycles. The van der Waals surface area contributed by atoms with Crippen molar-refractivity contribution in [3.63, 3.8) is 0 Å². The van der Waals surface area contributed by atoms with Gasteiger partial charge in [0.1, 0.15) is 17.5 Å². The van der Waals surface area contributed by atoms with Crippen LogP contribution in [-0.2, 0) is 6.54 Å². The van der Waals surface area contributed by atoms with Crippen LogP contribution >= 0.6 is 0 Å². The largest absolute Gasteiger partial charge is 0.372 e. The number of piperidine rings is 1. The molecule has 5 nitrogen and oxygen atoms in total. The Morgan fingerprint density at radius 3 is 2.32 bits per heavy atom. The van der Waals surface area contributed by atoms with E-state index in [0.29, 0.717) is 0 Å². The van der Waals surface area contributed by atoms with Crippen molar-refractivity contribution < 1.29 is 0 Å². The molecule has 4 rings (SSSR count). The second-order valence-corrected chi connectivity index (χ2v) is 7.24. The number of hydrogen-bond acceptors (Lipinski definition) is 5. The fourth-order valence-corrected chi connectivity index (χ4v) is 3.57. The first-order chi connectivity index (χ1) is 13.8. The summed E-state index contributed by atoms with van der Waals surface area (Å²) in [5.74, 6) is 2.36. The van der Waals surface area contributed by atoms with Crippen molar-refractivity contribution in [2.45, 2.75) is 32.7 Å². The molecule has 2 aromatic carbocycles. The summed E-state index contributed by atoms with van der Waals surface area (Å²) in [6, 6.07) is 20.9. The fraction of sp³-hybridized carbons (Fsp3) is 0.304. The summed E-state index contributed by atoms with van der Waals surface area (Å²) in [5.41, 5.74) is 3.56. The van der Waals surface area contributed by atoms with E-state index in [1.54, 1.807) is 0 Å². The molecular weight excluding hydrogens is 346 g/mol. The van der Waals surface area contributed by atoms with Gasteiger partial charge in [0.05, 0.1) is 0 Å². The molecule has 5 heteroatoms. The number of nitrogens with one attached hydrogen (secondary N) is 2. The molecule has 1 aliphatic heterocycles. The zero-order valence-electron chi connectivity index (χ0n) is 16.4. The van der Waals surface area contributed by atoms with Crippen molar-refractivity contribution in [3.05, 3.63) is 72.1 Å². The Kier molecular flexibility index (Phi) is 5.71. The lowest BCUT2D eigenvalue weighted by Gasteiger charge is -2.28. The minimum atomic E-state index is 0.737. The molecule has 1 aromatic heterocycles. The molecule has 28 heavy (non-hydrogen) atoms. The van der Waals surface area contributed by atoms with Gasteiger partial charge in [0, 0.05) is 37.1 Å². The Labute approximate surface area is 166 Å². The lowest BCUT2D eigenvalue weighted by molar-refractivity contribution is 0.578. The van der Waals surface area contributed by atoms with Gasteiger partial charge in [0.25, 0.3) is 0 Å². The molecule has 0 unspecified atom stereocenters. The molecule has 0 spiro atoms. The number of anilines is 4. The summed E-state index contributed by atoms with van der Waals surface area (Å²) < 4.78 is 0. The summed E-state index contributed by atoms with van der Waals surface area (Å²) >= 11 is 0. The van der Waals surface area contributed by atoms with E-state index < -0.39 is 0 Å². The van der Waals surface area contributed by atoms with E-state index in [1.807, 2.05) is 31.2 Å². The third kappa shape index (κ3) is 4.80. The lowest BCUT2D eigenvalue weighted by Crippen LogP contribution is -2.29. The van der Waals surface area contributed by atoms with E-state index in [2.05, 4.69) is 61.9 Å². The summed E-state index contributed by atoms with van der Waals surface area (Å²) in [6.07, 6.45) is 3.93. The molecule has 0 bridgehead atoms. The van der Waals surface area contributed by atoms with Gasteiger partial charge < -0.3 is 15.5 Å². The minimum absolute atomic E-state index is 0.737. The maximum atomic E-state index is 4.52. The second kappa shape index (κ2) is 8.74. The van der Waals surface area contributed by atoms with E-state index >= 15 is 0 Å². The highest BCUT2D eigenvalue weighted by molar-refractivity contribution is 5.62. The minimum Gasteiger partial charge on any atom is -0.372 e. The standard InChI is InChI=1S/C23H27N5/c1-18-25-22(24-17-19-8-4-2-5-9-19)16-23(26-18)27-20-10-12-21(13-11-20)28-14-6-3-7-15-28/h2,4-5,8-13,16H,3,6-7,14-15,17H2,1H3,(H2,24,25,26,27). The van der Waals surface area contributed by atoms with Gasteiger partial charge in [-0.1, -0.05) is 30.3 Å². The first-order valence-electron chi connectivity index (χ1n) is 10.0. The van der Waals surface area contributed by atoms with Crippen LogP contribution in [0.1, 0.15) is 30.7 Å². The van der Waals surface area contributed by atoms with Gasteiger partial charge in [-0.15, -0.1) is 0 Å². The number of nitrogens with zero attached hydrogens (tertiary/aromatic N) is 3. The number of rotatable bonds is 6. The number of benzene rings is 2. The Bertz CT molecular complexity index is 887. The molecule has 0 atom stereocenters. The van der Waals surface area contributed by atoms with E-state index in [-0.39, 0.29) is 0 Å². The van der Waals surface area contributed by atoms with Gasteiger partial charge in [0.2, 0.25) is 0 Å². The smallest absolute Gasteiger partial charge is 0.136 e. The van der Waals surface area contributed by atoms with Crippen LogP contribution in [0, 0.1) is 6.92 Å². The average Bonchev–Trinajstić information content (AvgIpc) is 2.74. The van der Waals surface area contributed by atoms with Crippen LogP contribution in [0.3, 0.4) is 0 Å². The van der Waals surface area contributed by atoms with Crippen LogP contribution in [0.4, 0.5) is 23.0 Å². The van der Waals surface area contributed by atoms with E-state index in [1.165, 1.54) is 30.5 Å². The summed E-state index contributed by atoms with van der Waals surface area (Å²) in [7, 11) is 0. The molecular formula is C23H27N5. The van der Waals surface area contributed by atoms with Crippen LogP contribution < -0.4 is 15.5 Å². The topological polar surface area (TPSA) is 53.1 Å². The molecule has 2 heterocycles. The number of aromatic nitrogens is 2. The second-order valence-electron chi connectivity index (χ2n) is 7.24. The summed E-state index contributed by atoms with van der Waals surface area (Å²) in [4.78, 5) is 11.5. The van der Waals surface area contributed by atoms with Gasteiger partial charge >= 0.3 is 0 Å². The van der Waals surface area contributed by atoms with Crippen LogP contribution in [0.25, 0.3) is 0 Å². The molecule has 0 amide bonds. The van der Waals surface area contributed by atoms with Gasteiger partial charge in [-0.3, -0.25) is 0 Å². The number of hydrogen-bond donors (Lipinski definition) is 2. The predicted molar refractivity (Wildman–Crippen MR) is 116 cm³/mol. The van der Waals surface area contributed by atoms with Crippen molar-refractivity contribution in [1.82, 2.24) is 9.97 Å². The summed E-state index contributed by atoms with van der Waals surface area (Å²) in [5, 5.41) is 6.79. The SMILES string of the molecule is Cc1nc(NCc2ccccc2)cc(Nc2ccc(N3CCCCC3)cc2)n1.